The van der Waals surface area contributed by atoms with Crippen molar-refractivity contribution in [2.24, 2.45) is 17.3 Å². The minimum Gasteiger partial charge on any atom is -0.461 e. The minimum atomic E-state index is -1.17. The molecule has 3 rings (SSSR count). The first-order valence-corrected chi connectivity index (χ1v) is 9.66. The van der Waals surface area contributed by atoms with E-state index in [0.29, 0.717) is 5.75 Å². The molecule has 0 radical (unpaired) electrons. The number of carbonyl (C=O) groups excluding carboxylic acids is 1. The predicted octanol–water partition coefficient (Wildman–Crippen LogP) is 4.42. The van der Waals surface area contributed by atoms with Gasteiger partial charge in [0, 0.05) is 5.92 Å². The molecule has 1 fully saturated rings. The number of benzene rings is 2. The molecule has 156 valence electrons. The van der Waals surface area contributed by atoms with Crippen LogP contribution in [0.15, 0.2) is 54.6 Å². The van der Waals surface area contributed by atoms with Crippen molar-refractivity contribution in [3.8, 4) is 11.5 Å². The third-order valence-electron chi connectivity index (χ3n) is 5.71. The predicted molar refractivity (Wildman–Crippen MR) is 107 cm³/mol. The zero-order chi connectivity index (χ0) is 21.2. The fraction of sp³-hybridized carbons (Fsp3) is 0.435. The molecule has 0 amide bonds. The fourth-order valence-corrected chi connectivity index (χ4v) is 3.77. The lowest BCUT2D eigenvalue weighted by Gasteiger charge is -2.27. The van der Waals surface area contributed by atoms with Crippen molar-refractivity contribution in [2.45, 2.75) is 46.0 Å². The smallest absolute Gasteiger partial charge is 0.310 e. The van der Waals surface area contributed by atoms with E-state index in [-0.39, 0.29) is 18.5 Å². The van der Waals surface area contributed by atoms with E-state index < -0.39 is 23.0 Å². The fourth-order valence-electron chi connectivity index (χ4n) is 3.77. The second-order valence-electron chi connectivity index (χ2n) is 8.63. The zero-order valence-corrected chi connectivity index (χ0v) is 17.2. The van der Waals surface area contributed by atoms with E-state index >= 15 is 0 Å². The van der Waals surface area contributed by atoms with Gasteiger partial charge in [-0.1, -0.05) is 44.2 Å². The molecule has 0 aromatic heterocycles. The van der Waals surface area contributed by atoms with E-state index in [1.165, 1.54) is 0 Å². The summed E-state index contributed by atoms with van der Waals surface area (Å²) in [6.07, 6.45) is -0.998. The summed E-state index contributed by atoms with van der Waals surface area (Å²) in [6.45, 7) is 7.06. The number of aliphatic hydroxyl groups excluding tert-OH is 1. The summed E-state index contributed by atoms with van der Waals surface area (Å²) in [5.41, 5.74) is -0.800. The van der Waals surface area contributed by atoms with E-state index in [0.717, 1.165) is 11.3 Å². The van der Waals surface area contributed by atoms with Gasteiger partial charge < -0.3 is 14.6 Å². The third kappa shape index (κ3) is 4.61. The number of ether oxygens (including phenoxy) is 2. The Hall–Kier alpha value is -2.41. The Bertz CT molecular complexity index is 845. The second kappa shape index (κ2) is 8.14. The molecule has 0 spiro atoms. The molecule has 6 nitrogen and oxygen atoms in total. The van der Waals surface area contributed by atoms with Crippen LogP contribution in [0.1, 0.15) is 33.3 Å². The van der Waals surface area contributed by atoms with Crippen LogP contribution in [0.3, 0.4) is 0 Å². The second-order valence-corrected chi connectivity index (χ2v) is 8.63. The third-order valence-corrected chi connectivity index (χ3v) is 5.71. The number of aliphatic hydroxyl groups is 1. The molecule has 0 saturated heterocycles. The van der Waals surface area contributed by atoms with Crippen LogP contribution in [0.4, 0.5) is 0 Å². The first-order chi connectivity index (χ1) is 13.7. The molecule has 6 heteroatoms. The average Bonchev–Trinajstić information content (AvgIpc) is 3.28. The van der Waals surface area contributed by atoms with Gasteiger partial charge in [0.25, 0.3) is 0 Å². The maximum absolute atomic E-state index is 12.6. The molecule has 1 aliphatic carbocycles. The van der Waals surface area contributed by atoms with Crippen LogP contribution >= 0.6 is 0 Å². The van der Waals surface area contributed by atoms with Gasteiger partial charge in [-0.25, -0.2) is 4.89 Å². The minimum absolute atomic E-state index is 0.111. The SMILES string of the molecule is CC(C)(OO)C(O)C1C(C(=O)OCc2cccc(Oc3ccccc3)c2)C1(C)C. The Morgan fingerprint density at radius 2 is 1.76 bits per heavy atom. The Morgan fingerprint density at radius 1 is 1.10 bits per heavy atom. The van der Waals surface area contributed by atoms with Crippen LogP contribution in [0.2, 0.25) is 0 Å². The standard InChI is InChI=1S/C23H28O6/c1-22(2)18(20(24)23(3,4)29-26)19(22)21(25)27-14-15-9-8-12-17(13-15)28-16-10-6-5-7-11-16/h5-13,18-20,24,26H,14H2,1-4H3. The summed E-state index contributed by atoms with van der Waals surface area (Å²) < 4.78 is 11.3. The highest BCUT2D eigenvalue weighted by atomic mass is 17.1. The van der Waals surface area contributed by atoms with Crippen molar-refractivity contribution >= 4 is 5.97 Å². The van der Waals surface area contributed by atoms with Gasteiger partial charge in [-0.2, -0.15) is 0 Å². The first kappa shape index (κ1) is 21.3. The van der Waals surface area contributed by atoms with Crippen LogP contribution in [-0.2, 0) is 21.0 Å². The number of hydrogen-bond donors (Lipinski definition) is 2. The van der Waals surface area contributed by atoms with Gasteiger partial charge in [0.15, 0.2) is 0 Å². The monoisotopic (exact) mass is 400 g/mol. The van der Waals surface area contributed by atoms with E-state index in [1.807, 2.05) is 68.4 Å². The van der Waals surface area contributed by atoms with E-state index in [1.54, 1.807) is 13.8 Å². The Labute approximate surface area is 171 Å². The number of para-hydroxylation sites is 1. The van der Waals surface area contributed by atoms with Gasteiger partial charge in [-0.05, 0) is 49.1 Å². The van der Waals surface area contributed by atoms with E-state index in [4.69, 9.17) is 14.7 Å². The lowest BCUT2D eigenvalue weighted by molar-refractivity contribution is -0.336. The van der Waals surface area contributed by atoms with Gasteiger partial charge in [-0.3, -0.25) is 10.1 Å². The van der Waals surface area contributed by atoms with Gasteiger partial charge in [0.1, 0.15) is 23.7 Å². The number of rotatable bonds is 8. The number of carbonyl (C=O) groups is 1. The average molecular weight is 400 g/mol. The van der Waals surface area contributed by atoms with Crippen LogP contribution in [0.5, 0.6) is 11.5 Å². The van der Waals surface area contributed by atoms with Gasteiger partial charge in [0.05, 0.1) is 12.0 Å². The zero-order valence-electron chi connectivity index (χ0n) is 17.2. The van der Waals surface area contributed by atoms with Crippen LogP contribution < -0.4 is 4.74 Å². The molecule has 3 atom stereocenters. The maximum Gasteiger partial charge on any atom is 0.310 e. The highest BCUT2D eigenvalue weighted by molar-refractivity contribution is 5.78. The molecular weight excluding hydrogens is 372 g/mol. The quantitative estimate of drug-likeness (QED) is 0.388. The van der Waals surface area contributed by atoms with Gasteiger partial charge in [-0.15, -0.1) is 0 Å². The molecule has 1 aliphatic rings. The van der Waals surface area contributed by atoms with Crippen molar-refractivity contribution in [1.82, 2.24) is 0 Å². The molecule has 29 heavy (non-hydrogen) atoms. The molecule has 0 aliphatic heterocycles. The van der Waals surface area contributed by atoms with Crippen LogP contribution in [0.25, 0.3) is 0 Å². The molecule has 0 bridgehead atoms. The molecule has 0 heterocycles. The highest BCUT2D eigenvalue weighted by Crippen LogP contribution is 2.62. The Balaban J connectivity index is 1.60. The van der Waals surface area contributed by atoms with Crippen molar-refractivity contribution in [1.29, 1.82) is 0 Å². The molecule has 3 unspecified atom stereocenters. The normalized spacial score (nSPS) is 21.3. The lowest BCUT2D eigenvalue weighted by Crippen LogP contribution is -2.41. The van der Waals surface area contributed by atoms with Crippen molar-refractivity contribution in [3.63, 3.8) is 0 Å². The first-order valence-electron chi connectivity index (χ1n) is 9.66. The highest BCUT2D eigenvalue weighted by Gasteiger charge is 2.67. The number of esters is 1. The molecular formula is C23H28O6. The molecule has 2 N–H and O–H groups in total. The van der Waals surface area contributed by atoms with Crippen LogP contribution in [-0.4, -0.2) is 28.0 Å². The Morgan fingerprint density at radius 3 is 2.41 bits per heavy atom. The van der Waals surface area contributed by atoms with Gasteiger partial charge >= 0.3 is 5.97 Å². The summed E-state index contributed by atoms with van der Waals surface area (Å²) in [4.78, 5) is 17.0. The van der Waals surface area contributed by atoms with Gasteiger partial charge in [0.2, 0.25) is 0 Å². The lowest BCUT2D eigenvalue weighted by atomic mass is 9.93. The summed E-state index contributed by atoms with van der Waals surface area (Å²) >= 11 is 0. The molecule has 2 aromatic carbocycles. The summed E-state index contributed by atoms with van der Waals surface area (Å²) in [5.74, 6) is 0.196. The maximum atomic E-state index is 12.6. The van der Waals surface area contributed by atoms with Crippen molar-refractivity contribution in [2.75, 3.05) is 0 Å². The topological polar surface area (TPSA) is 85.2 Å². The molecule has 2 aromatic rings. The summed E-state index contributed by atoms with van der Waals surface area (Å²) in [7, 11) is 0. The van der Waals surface area contributed by atoms with E-state index in [2.05, 4.69) is 4.89 Å². The summed E-state index contributed by atoms with van der Waals surface area (Å²) in [6, 6.07) is 16.8. The largest absolute Gasteiger partial charge is 0.461 e. The molecule has 1 saturated carbocycles. The Kier molecular flexibility index (Phi) is 5.98. The van der Waals surface area contributed by atoms with E-state index in [9.17, 15) is 9.90 Å². The van der Waals surface area contributed by atoms with Crippen molar-refractivity contribution in [3.05, 3.63) is 60.2 Å². The summed E-state index contributed by atoms with van der Waals surface area (Å²) in [5, 5.41) is 19.6. The van der Waals surface area contributed by atoms with Crippen LogP contribution in [0, 0.1) is 17.3 Å². The number of hydrogen-bond acceptors (Lipinski definition) is 6. The van der Waals surface area contributed by atoms with Crippen molar-refractivity contribution < 1.29 is 29.5 Å².